The molecule has 1 amide bonds. The van der Waals surface area contributed by atoms with Crippen LogP contribution in [0, 0.1) is 0 Å². The summed E-state index contributed by atoms with van der Waals surface area (Å²) >= 11 is 0. The molecule has 1 unspecified atom stereocenters. The molecule has 84 valence electrons. The molecule has 0 bridgehead atoms. The lowest BCUT2D eigenvalue weighted by molar-refractivity contribution is -0.122. The number of tetrazole rings is 1. The molecule has 2 N–H and O–H groups in total. The lowest BCUT2D eigenvalue weighted by Crippen LogP contribution is -2.41. The normalized spacial score (nSPS) is 12.5. The van der Waals surface area contributed by atoms with Gasteiger partial charge in [0.05, 0.1) is 19.6 Å². The van der Waals surface area contributed by atoms with Crippen molar-refractivity contribution in [3.8, 4) is 0 Å². The number of hydrogen-bond donors (Lipinski definition) is 2. The maximum atomic E-state index is 11.3. The average Bonchev–Trinajstić information content (AvgIpc) is 2.61. The molecule has 0 saturated carbocycles. The second-order valence-corrected chi connectivity index (χ2v) is 3.19. The minimum Gasteiger partial charge on any atom is -0.355 e. The highest BCUT2D eigenvalue weighted by Crippen LogP contribution is 1.87. The second-order valence-electron chi connectivity index (χ2n) is 3.19. The van der Waals surface area contributed by atoms with E-state index >= 15 is 0 Å². The van der Waals surface area contributed by atoms with Crippen molar-refractivity contribution in [2.24, 2.45) is 7.05 Å². The van der Waals surface area contributed by atoms with E-state index in [1.165, 1.54) is 4.80 Å². The second kappa shape index (κ2) is 5.40. The van der Waals surface area contributed by atoms with Crippen molar-refractivity contribution in [1.29, 1.82) is 0 Å². The van der Waals surface area contributed by atoms with E-state index in [2.05, 4.69) is 26.0 Å². The minimum absolute atomic E-state index is 0.0265. The van der Waals surface area contributed by atoms with Gasteiger partial charge < -0.3 is 5.32 Å². The fraction of sp³-hybridized carbons (Fsp3) is 0.750. The van der Waals surface area contributed by atoms with Crippen LogP contribution in [0.3, 0.4) is 0 Å². The Morgan fingerprint density at radius 2 is 2.33 bits per heavy atom. The molecule has 0 aliphatic heterocycles. The SMILES string of the molecule is CCNC(=O)C(C)NCc1nnn(C)n1. The van der Waals surface area contributed by atoms with Crippen molar-refractivity contribution >= 4 is 5.91 Å². The van der Waals surface area contributed by atoms with Gasteiger partial charge in [-0.3, -0.25) is 10.1 Å². The molecule has 7 heteroatoms. The lowest BCUT2D eigenvalue weighted by Gasteiger charge is -2.11. The van der Waals surface area contributed by atoms with Crippen molar-refractivity contribution in [3.63, 3.8) is 0 Å². The summed E-state index contributed by atoms with van der Waals surface area (Å²) in [6.45, 7) is 4.75. The Bertz CT molecular complexity index is 323. The van der Waals surface area contributed by atoms with E-state index in [0.29, 0.717) is 18.9 Å². The first-order valence-corrected chi connectivity index (χ1v) is 4.87. The summed E-state index contributed by atoms with van der Waals surface area (Å²) in [4.78, 5) is 12.7. The van der Waals surface area contributed by atoms with Crippen LogP contribution in [-0.2, 0) is 18.4 Å². The predicted octanol–water partition coefficient (Wildman–Crippen LogP) is -1.18. The van der Waals surface area contributed by atoms with Crippen LogP contribution in [0.1, 0.15) is 19.7 Å². The largest absolute Gasteiger partial charge is 0.355 e. The van der Waals surface area contributed by atoms with Gasteiger partial charge in [-0.25, -0.2) is 0 Å². The van der Waals surface area contributed by atoms with Crippen molar-refractivity contribution < 1.29 is 4.79 Å². The number of hydrogen-bond acceptors (Lipinski definition) is 5. The minimum atomic E-state index is -0.256. The number of nitrogens with zero attached hydrogens (tertiary/aromatic N) is 4. The van der Waals surface area contributed by atoms with Gasteiger partial charge in [0.1, 0.15) is 0 Å². The highest BCUT2D eigenvalue weighted by molar-refractivity contribution is 5.81. The first-order chi connectivity index (χ1) is 7.13. The number of aromatic nitrogens is 4. The lowest BCUT2D eigenvalue weighted by atomic mass is 10.3. The monoisotopic (exact) mass is 212 g/mol. The van der Waals surface area contributed by atoms with E-state index in [1.54, 1.807) is 14.0 Å². The smallest absolute Gasteiger partial charge is 0.236 e. The van der Waals surface area contributed by atoms with Gasteiger partial charge in [-0.1, -0.05) is 0 Å². The molecule has 0 spiro atoms. The zero-order valence-electron chi connectivity index (χ0n) is 9.19. The van der Waals surface area contributed by atoms with Crippen molar-refractivity contribution in [3.05, 3.63) is 5.82 Å². The van der Waals surface area contributed by atoms with Crippen LogP contribution in [0.15, 0.2) is 0 Å². The molecule has 0 radical (unpaired) electrons. The summed E-state index contributed by atoms with van der Waals surface area (Å²) in [6.07, 6.45) is 0. The third kappa shape index (κ3) is 3.62. The van der Waals surface area contributed by atoms with Crippen molar-refractivity contribution in [1.82, 2.24) is 30.8 Å². The molecule has 0 aromatic carbocycles. The van der Waals surface area contributed by atoms with E-state index in [-0.39, 0.29) is 11.9 Å². The molecule has 0 saturated heterocycles. The van der Waals surface area contributed by atoms with Gasteiger partial charge in [0.25, 0.3) is 0 Å². The highest BCUT2D eigenvalue weighted by Gasteiger charge is 2.11. The van der Waals surface area contributed by atoms with Crippen LogP contribution >= 0.6 is 0 Å². The highest BCUT2D eigenvalue weighted by atomic mass is 16.2. The zero-order chi connectivity index (χ0) is 11.3. The number of nitrogens with one attached hydrogen (secondary N) is 2. The van der Waals surface area contributed by atoms with Crippen molar-refractivity contribution in [2.75, 3.05) is 6.54 Å². The fourth-order valence-corrected chi connectivity index (χ4v) is 1.06. The third-order valence-corrected chi connectivity index (χ3v) is 1.86. The van der Waals surface area contributed by atoms with E-state index in [1.807, 2.05) is 6.92 Å². The van der Waals surface area contributed by atoms with Gasteiger partial charge in [0.15, 0.2) is 5.82 Å². The van der Waals surface area contributed by atoms with Crippen LogP contribution in [-0.4, -0.2) is 38.7 Å². The number of aryl methyl sites for hydroxylation is 1. The van der Waals surface area contributed by atoms with Gasteiger partial charge >= 0.3 is 0 Å². The molecular weight excluding hydrogens is 196 g/mol. The first-order valence-electron chi connectivity index (χ1n) is 4.87. The van der Waals surface area contributed by atoms with Gasteiger partial charge in [0.2, 0.25) is 5.91 Å². The predicted molar refractivity (Wildman–Crippen MR) is 53.8 cm³/mol. The molecule has 1 atom stereocenters. The molecule has 0 aliphatic rings. The van der Waals surface area contributed by atoms with Gasteiger partial charge in [-0.15, -0.1) is 10.2 Å². The quantitative estimate of drug-likeness (QED) is 0.642. The average molecular weight is 212 g/mol. The molecule has 0 fully saturated rings. The summed E-state index contributed by atoms with van der Waals surface area (Å²) in [6, 6.07) is -0.256. The Hall–Kier alpha value is -1.50. The standard InChI is InChI=1S/C8H16N6O/c1-4-9-8(15)6(2)10-5-7-11-13-14(3)12-7/h6,10H,4-5H2,1-3H3,(H,9,15). The summed E-state index contributed by atoms with van der Waals surface area (Å²) in [5.41, 5.74) is 0. The molecular formula is C8H16N6O. The van der Waals surface area contributed by atoms with Crippen LogP contribution in [0.4, 0.5) is 0 Å². The topological polar surface area (TPSA) is 84.7 Å². The fourth-order valence-electron chi connectivity index (χ4n) is 1.06. The number of likely N-dealkylation sites (N-methyl/N-ethyl adjacent to an activating group) is 1. The maximum Gasteiger partial charge on any atom is 0.236 e. The molecule has 0 aliphatic carbocycles. The van der Waals surface area contributed by atoms with Crippen LogP contribution in [0.5, 0.6) is 0 Å². The third-order valence-electron chi connectivity index (χ3n) is 1.86. The summed E-state index contributed by atoms with van der Waals surface area (Å²) in [5, 5.41) is 17.2. The number of rotatable bonds is 5. The van der Waals surface area contributed by atoms with E-state index in [9.17, 15) is 4.79 Å². The summed E-state index contributed by atoms with van der Waals surface area (Å²) in [5.74, 6) is 0.551. The Labute approximate surface area is 88.2 Å². The number of carbonyl (C=O) groups excluding carboxylic acids is 1. The van der Waals surface area contributed by atoms with Crippen molar-refractivity contribution in [2.45, 2.75) is 26.4 Å². The van der Waals surface area contributed by atoms with E-state index in [4.69, 9.17) is 0 Å². The van der Waals surface area contributed by atoms with E-state index in [0.717, 1.165) is 0 Å². The van der Waals surface area contributed by atoms with Crippen LogP contribution < -0.4 is 10.6 Å². The number of carbonyl (C=O) groups is 1. The molecule has 1 heterocycles. The Morgan fingerprint density at radius 3 is 2.87 bits per heavy atom. The Kier molecular flexibility index (Phi) is 4.17. The zero-order valence-corrected chi connectivity index (χ0v) is 9.19. The molecule has 15 heavy (non-hydrogen) atoms. The molecule has 1 rings (SSSR count). The first kappa shape index (κ1) is 11.6. The van der Waals surface area contributed by atoms with Crippen LogP contribution in [0.25, 0.3) is 0 Å². The van der Waals surface area contributed by atoms with Gasteiger partial charge in [-0.05, 0) is 19.1 Å². The maximum absolute atomic E-state index is 11.3. The summed E-state index contributed by atoms with van der Waals surface area (Å²) < 4.78 is 0. The van der Waals surface area contributed by atoms with Crippen LogP contribution in [0.2, 0.25) is 0 Å². The number of amides is 1. The van der Waals surface area contributed by atoms with Gasteiger partial charge in [-0.2, -0.15) is 4.80 Å². The molecule has 7 nitrogen and oxygen atoms in total. The molecule has 1 aromatic rings. The van der Waals surface area contributed by atoms with E-state index < -0.39 is 0 Å². The Morgan fingerprint density at radius 1 is 1.60 bits per heavy atom. The van der Waals surface area contributed by atoms with Gasteiger partial charge in [0, 0.05) is 6.54 Å². The summed E-state index contributed by atoms with van der Waals surface area (Å²) in [7, 11) is 1.70. The molecule has 1 aromatic heterocycles. The Balaban J connectivity index is 2.33.